The Balaban J connectivity index is 2.67. The SMILES string of the molecule is CCOC(=O)C(Cl)c1csc(C)n1. The number of halogens is 1. The summed E-state index contributed by atoms with van der Waals surface area (Å²) < 4.78 is 4.76. The third kappa shape index (κ3) is 2.67. The third-order valence-electron chi connectivity index (χ3n) is 1.39. The van der Waals surface area contributed by atoms with Gasteiger partial charge >= 0.3 is 5.97 Å². The minimum Gasteiger partial charge on any atom is -0.465 e. The second-order valence-electron chi connectivity index (χ2n) is 2.41. The highest BCUT2D eigenvalue weighted by molar-refractivity contribution is 7.09. The van der Waals surface area contributed by atoms with E-state index in [1.54, 1.807) is 12.3 Å². The standard InChI is InChI=1S/C8H10ClNO2S/c1-3-12-8(11)7(9)6-4-13-5(2)10-6/h4,7H,3H2,1-2H3. The van der Waals surface area contributed by atoms with Crippen LogP contribution < -0.4 is 0 Å². The van der Waals surface area contributed by atoms with Gasteiger partial charge in [0, 0.05) is 5.38 Å². The van der Waals surface area contributed by atoms with Gasteiger partial charge in [-0.1, -0.05) is 0 Å². The van der Waals surface area contributed by atoms with Crippen molar-refractivity contribution in [2.75, 3.05) is 6.61 Å². The Hall–Kier alpha value is -0.610. The quantitative estimate of drug-likeness (QED) is 0.579. The van der Waals surface area contributed by atoms with E-state index in [1.165, 1.54) is 11.3 Å². The van der Waals surface area contributed by atoms with Gasteiger partial charge in [0.1, 0.15) is 0 Å². The van der Waals surface area contributed by atoms with Crippen molar-refractivity contribution in [1.82, 2.24) is 4.98 Å². The van der Waals surface area contributed by atoms with Crippen LogP contribution in [0.4, 0.5) is 0 Å². The summed E-state index contributed by atoms with van der Waals surface area (Å²) in [7, 11) is 0. The second kappa shape index (κ2) is 4.58. The second-order valence-corrected chi connectivity index (χ2v) is 3.90. The molecule has 72 valence electrons. The molecule has 0 aliphatic heterocycles. The molecule has 3 nitrogen and oxygen atoms in total. The molecule has 0 saturated heterocycles. The van der Waals surface area contributed by atoms with Gasteiger partial charge in [-0.05, 0) is 13.8 Å². The predicted molar refractivity (Wildman–Crippen MR) is 52.1 cm³/mol. The lowest BCUT2D eigenvalue weighted by atomic mass is 10.3. The first-order chi connectivity index (χ1) is 6.15. The van der Waals surface area contributed by atoms with Crippen molar-refractivity contribution in [2.24, 2.45) is 0 Å². The normalized spacial score (nSPS) is 12.5. The highest BCUT2D eigenvalue weighted by Crippen LogP contribution is 2.23. The molecule has 0 bridgehead atoms. The van der Waals surface area contributed by atoms with Crippen LogP contribution in [0.15, 0.2) is 5.38 Å². The molecule has 1 unspecified atom stereocenters. The first kappa shape index (κ1) is 10.5. The van der Waals surface area contributed by atoms with Crippen molar-refractivity contribution in [1.29, 1.82) is 0 Å². The Kier molecular flexibility index (Phi) is 3.69. The molecular formula is C8H10ClNO2S. The number of aromatic nitrogens is 1. The molecule has 5 heteroatoms. The monoisotopic (exact) mass is 219 g/mol. The van der Waals surface area contributed by atoms with Gasteiger partial charge in [-0.15, -0.1) is 22.9 Å². The molecule has 0 N–H and O–H groups in total. The van der Waals surface area contributed by atoms with Crippen LogP contribution in [0.3, 0.4) is 0 Å². The van der Waals surface area contributed by atoms with Crippen molar-refractivity contribution in [3.8, 4) is 0 Å². The number of esters is 1. The number of carbonyl (C=O) groups is 1. The summed E-state index contributed by atoms with van der Waals surface area (Å²) in [6, 6.07) is 0. The fourth-order valence-electron chi connectivity index (χ4n) is 0.833. The smallest absolute Gasteiger partial charge is 0.330 e. The number of ether oxygens (including phenoxy) is 1. The summed E-state index contributed by atoms with van der Waals surface area (Å²) in [4.78, 5) is 15.3. The molecule has 1 rings (SSSR count). The van der Waals surface area contributed by atoms with Crippen molar-refractivity contribution in [3.63, 3.8) is 0 Å². The van der Waals surface area contributed by atoms with Gasteiger partial charge in [0.15, 0.2) is 5.38 Å². The topological polar surface area (TPSA) is 39.2 Å². The molecule has 1 aromatic heterocycles. The highest BCUT2D eigenvalue weighted by Gasteiger charge is 2.20. The van der Waals surface area contributed by atoms with Crippen molar-refractivity contribution < 1.29 is 9.53 Å². The Morgan fingerprint density at radius 1 is 1.85 bits per heavy atom. The highest BCUT2D eigenvalue weighted by atomic mass is 35.5. The Morgan fingerprint density at radius 3 is 3.00 bits per heavy atom. The van der Waals surface area contributed by atoms with Crippen LogP contribution in [0.1, 0.15) is 23.0 Å². The average Bonchev–Trinajstić information content (AvgIpc) is 2.51. The number of alkyl halides is 1. The van der Waals surface area contributed by atoms with Gasteiger partial charge in [-0.3, -0.25) is 4.79 Å². The number of thiazole rings is 1. The zero-order valence-corrected chi connectivity index (χ0v) is 8.98. The van der Waals surface area contributed by atoms with Crippen LogP contribution in [0.2, 0.25) is 0 Å². The molecule has 0 fully saturated rings. The number of hydrogen-bond acceptors (Lipinski definition) is 4. The summed E-state index contributed by atoms with van der Waals surface area (Å²) in [6.07, 6.45) is 0. The van der Waals surface area contributed by atoms with Crippen LogP contribution >= 0.6 is 22.9 Å². The Labute approximate surface area is 85.7 Å². The maximum atomic E-state index is 11.2. The lowest BCUT2D eigenvalue weighted by Gasteiger charge is -2.04. The van der Waals surface area contributed by atoms with E-state index < -0.39 is 11.3 Å². The molecule has 0 amide bonds. The van der Waals surface area contributed by atoms with E-state index in [-0.39, 0.29) is 0 Å². The van der Waals surface area contributed by atoms with E-state index in [4.69, 9.17) is 16.3 Å². The number of hydrogen-bond donors (Lipinski definition) is 0. The summed E-state index contributed by atoms with van der Waals surface area (Å²) in [5, 5.41) is 1.89. The fraction of sp³-hybridized carbons (Fsp3) is 0.500. The summed E-state index contributed by atoms with van der Waals surface area (Å²) in [5.41, 5.74) is 0.572. The molecule has 0 radical (unpaired) electrons. The molecule has 0 aliphatic carbocycles. The van der Waals surface area contributed by atoms with E-state index in [1.807, 2.05) is 6.92 Å². The summed E-state index contributed by atoms with van der Waals surface area (Å²) in [5.74, 6) is -0.436. The van der Waals surface area contributed by atoms with E-state index in [0.29, 0.717) is 12.3 Å². The predicted octanol–water partition coefficient (Wildman–Crippen LogP) is 2.29. The minimum absolute atomic E-state index is 0.338. The lowest BCUT2D eigenvalue weighted by Crippen LogP contribution is -2.11. The van der Waals surface area contributed by atoms with Crippen LogP contribution in [-0.2, 0) is 9.53 Å². The average molecular weight is 220 g/mol. The van der Waals surface area contributed by atoms with Crippen LogP contribution in [-0.4, -0.2) is 17.6 Å². The van der Waals surface area contributed by atoms with Gasteiger partial charge in [-0.2, -0.15) is 0 Å². The van der Waals surface area contributed by atoms with E-state index in [0.717, 1.165) is 5.01 Å². The van der Waals surface area contributed by atoms with Crippen LogP contribution in [0, 0.1) is 6.92 Å². The maximum absolute atomic E-state index is 11.2. The van der Waals surface area contributed by atoms with Gasteiger partial charge in [0.05, 0.1) is 17.3 Å². The first-order valence-corrected chi connectivity index (χ1v) is 5.19. The number of rotatable bonds is 3. The molecule has 1 heterocycles. The van der Waals surface area contributed by atoms with E-state index in [9.17, 15) is 4.79 Å². The fourth-order valence-corrected chi connectivity index (χ4v) is 1.72. The number of nitrogens with zero attached hydrogens (tertiary/aromatic N) is 1. The molecule has 0 spiro atoms. The molecule has 0 aliphatic rings. The van der Waals surface area contributed by atoms with E-state index >= 15 is 0 Å². The zero-order valence-electron chi connectivity index (χ0n) is 7.41. The van der Waals surface area contributed by atoms with Crippen LogP contribution in [0.5, 0.6) is 0 Å². The Morgan fingerprint density at radius 2 is 2.54 bits per heavy atom. The summed E-state index contributed by atoms with van der Waals surface area (Å²) in [6.45, 7) is 3.95. The lowest BCUT2D eigenvalue weighted by molar-refractivity contribution is -0.142. The Bertz CT molecular complexity index is 300. The first-order valence-electron chi connectivity index (χ1n) is 3.88. The van der Waals surface area contributed by atoms with Crippen molar-refractivity contribution >= 4 is 28.9 Å². The molecular weight excluding hydrogens is 210 g/mol. The van der Waals surface area contributed by atoms with Crippen molar-refractivity contribution in [2.45, 2.75) is 19.2 Å². The van der Waals surface area contributed by atoms with Gasteiger partial charge in [0.25, 0.3) is 0 Å². The summed E-state index contributed by atoms with van der Waals surface area (Å²) >= 11 is 7.28. The minimum atomic E-state index is -0.773. The third-order valence-corrected chi connectivity index (χ3v) is 2.58. The van der Waals surface area contributed by atoms with Gasteiger partial charge < -0.3 is 4.74 Å². The zero-order chi connectivity index (χ0) is 9.84. The molecule has 1 atom stereocenters. The van der Waals surface area contributed by atoms with Gasteiger partial charge in [0.2, 0.25) is 0 Å². The number of carbonyl (C=O) groups excluding carboxylic acids is 1. The maximum Gasteiger partial charge on any atom is 0.330 e. The number of aryl methyl sites for hydroxylation is 1. The molecule has 0 saturated carbocycles. The van der Waals surface area contributed by atoms with E-state index in [2.05, 4.69) is 4.98 Å². The molecule has 1 aromatic rings. The van der Waals surface area contributed by atoms with Crippen molar-refractivity contribution in [3.05, 3.63) is 16.1 Å². The molecule has 13 heavy (non-hydrogen) atoms. The van der Waals surface area contributed by atoms with Crippen LogP contribution in [0.25, 0.3) is 0 Å². The largest absolute Gasteiger partial charge is 0.465 e. The van der Waals surface area contributed by atoms with Gasteiger partial charge in [-0.25, -0.2) is 4.98 Å². The molecule has 0 aromatic carbocycles.